The van der Waals surface area contributed by atoms with Crippen LogP contribution in [0.2, 0.25) is 0 Å². The van der Waals surface area contributed by atoms with Gasteiger partial charge in [-0.2, -0.15) is 8.42 Å². The van der Waals surface area contributed by atoms with Gasteiger partial charge in [0.05, 0.1) is 21.2 Å². The summed E-state index contributed by atoms with van der Waals surface area (Å²) >= 11 is 5.47. The van der Waals surface area contributed by atoms with Gasteiger partial charge in [0, 0.05) is 22.7 Å². The molecule has 4 N–H and O–H groups in total. The molecule has 0 unspecified atom stereocenters. The molecule has 10 heteroatoms. The number of nitrogens with two attached hydrogens (primary N) is 1. The summed E-state index contributed by atoms with van der Waals surface area (Å²) in [6.45, 7) is 0. The predicted molar refractivity (Wildman–Crippen MR) is 82.6 cm³/mol. The van der Waals surface area contributed by atoms with Crippen molar-refractivity contribution in [3.63, 3.8) is 0 Å². The fourth-order valence-electron chi connectivity index (χ4n) is 2.08. The fourth-order valence-corrected chi connectivity index (χ4v) is 4.55. The minimum absolute atomic E-state index is 0.0924. The number of benzene rings is 2. The molecule has 0 aliphatic carbocycles. The predicted octanol–water partition coefficient (Wildman–Crippen LogP) is 1.39. The molecule has 7 nitrogen and oxygen atoms in total. The van der Waals surface area contributed by atoms with Crippen molar-refractivity contribution >= 4 is 48.0 Å². The Labute approximate surface area is 132 Å². The molecule has 120 valence electrons. The number of halogens is 1. The number of sulfone groups is 1. The molecule has 0 aliphatic rings. The number of fused-ring (bicyclic) bond motifs is 1. The second-order valence-electron chi connectivity index (χ2n) is 4.50. The van der Waals surface area contributed by atoms with Crippen molar-refractivity contribution in [1.82, 2.24) is 0 Å². The largest absolute Gasteiger partial charge is 0.507 e. The van der Waals surface area contributed by atoms with Crippen molar-refractivity contribution in [2.24, 2.45) is 0 Å². The highest BCUT2D eigenvalue weighted by atomic mass is 35.5. The van der Waals surface area contributed by atoms with Crippen LogP contribution < -0.4 is 5.73 Å². The maximum Gasteiger partial charge on any atom is 0.294 e. The lowest BCUT2D eigenvalue weighted by Gasteiger charge is -2.12. The molecule has 0 saturated heterocycles. The Balaban J connectivity index is 2.98. The van der Waals surface area contributed by atoms with Crippen LogP contribution in [0.3, 0.4) is 0 Å². The zero-order valence-corrected chi connectivity index (χ0v) is 13.4. The molecular weight excluding hydrogens is 354 g/mol. The number of aromatic hydroxyl groups is 1. The second-order valence-corrected chi connectivity index (χ2v) is 8.35. The lowest BCUT2D eigenvalue weighted by molar-refractivity contribution is 0.470. The number of anilines is 1. The van der Waals surface area contributed by atoms with Crippen LogP contribution in [0.1, 0.15) is 0 Å². The van der Waals surface area contributed by atoms with E-state index in [0.29, 0.717) is 0 Å². The van der Waals surface area contributed by atoms with Gasteiger partial charge < -0.3 is 10.8 Å². The number of phenols is 1. The van der Waals surface area contributed by atoms with Crippen molar-refractivity contribution in [2.45, 2.75) is 9.79 Å². The van der Waals surface area contributed by atoms with Crippen LogP contribution in [0.5, 0.6) is 5.75 Å². The van der Waals surface area contributed by atoms with Gasteiger partial charge in [0.25, 0.3) is 10.1 Å². The van der Waals surface area contributed by atoms with Gasteiger partial charge in [0.1, 0.15) is 5.75 Å². The molecule has 0 spiro atoms. The summed E-state index contributed by atoms with van der Waals surface area (Å²) in [4.78, 5) is -0.961. The monoisotopic (exact) mass is 365 g/mol. The van der Waals surface area contributed by atoms with E-state index in [9.17, 15) is 21.9 Å². The van der Waals surface area contributed by atoms with E-state index in [1.54, 1.807) is 0 Å². The second kappa shape index (κ2) is 5.58. The minimum atomic E-state index is -4.63. The van der Waals surface area contributed by atoms with Crippen molar-refractivity contribution in [3.05, 3.63) is 24.3 Å². The Hall–Kier alpha value is -1.55. The van der Waals surface area contributed by atoms with Crippen molar-refractivity contribution in [3.8, 4) is 5.75 Å². The van der Waals surface area contributed by atoms with Crippen LogP contribution in [-0.2, 0) is 20.0 Å². The summed E-state index contributed by atoms with van der Waals surface area (Å²) in [5, 5.41) is 9.88. The van der Waals surface area contributed by atoms with Gasteiger partial charge >= 0.3 is 0 Å². The quantitative estimate of drug-likeness (QED) is 0.423. The lowest BCUT2D eigenvalue weighted by atomic mass is 10.1. The fraction of sp³-hybridized carbons (Fsp3) is 0.167. The molecule has 0 heterocycles. The first-order valence-corrected chi connectivity index (χ1v) is 9.52. The highest BCUT2D eigenvalue weighted by Crippen LogP contribution is 2.36. The average Bonchev–Trinajstić information content (AvgIpc) is 2.36. The average molecular weight is 366 g/mol. The molecule has 0 aliphatic heterocycles. The maximum atomic E-state index is 12.3. The number of phenolic OH excluding ortho intramolecular Hbond substituents is 1. The molecule has 22 heavy (non-hydrogen) atoms. The van der Waals surface area contributed by atoms with E-state index in [2.05, 4.69) is 0 Å². The topological polar surface area (TPSA) is 135 Å². The summed E-state index contributed by atoms with van der Waals surface area (Å²) in [5.41, 5.74) is 5.59. The van der Waals surface area contributed by atoms with Gasteiger partial charge in [-0.15, -0.1) is 11.6 Å². The molecule has 0 saturated carbocycles. The first-order chi connectivity index (χ1) is 10.1. The zero-order chi connectivity index (χ0) is 16.7. The van der Waals surface area contributed by atoms with Gasteiger partial charge in [-0.3, -0.25) is 4.55 Å². The third-order valence-corrected chi connectivity index (χ3v) is 6.09. The van der Waals surface area contributed by atoms with E-state index in [-0.39, 0.29) is 27.2 Å². The smallest absolute Gasteiger partial charge is 0.294 e. The molecule has 0 aromatic heterocycles. The Morgan fingerprint density at radius 3 is 2.27 bits per heavy atom. The third kappa shape index (κ3) is 2.98. The number of alkyl halides is 1. The van der Waals surface area contributed by atoms with Crippen molar-refractivity contribution in [2.75, 3.05) is 17.4 Å². The normalized spacial score (nSPS) is 12.6. The van der Waals surface area contributed by atoms with Crippen LogP contribution in [0.25, 0.3) is 10.8 Å². The van der Waals surface area contributed by atoms with Crippen LogP contribution >= 0.6 is 11.6 Å². The molecule has 2 rings (SSSR count). The van der Waals surface area contributed by atoms with Crippen molar-refractivity contribution in [1.29, 1.82) is 0 Å². The van der Waals surface area contributed by atoms with Gasteiger partial charge in [-0.25, -0.2) is 8.42 Å². The molecule has 0 bridgehead atoms. The highest BCUT2D eigenvalue weighted by molar-refractivity contribution is 7.91. The number of rotatable bonds is 4. The van der Waals surface area contributed by atoms with E-state index in [1.165, 1.54) is 12.1 Å². The SMILES string of the molecule is Nc1ccc2c(O)cc(S(=O)(=O)O)cc2c1S(=O)(=O)CCCl. The summed E-state index contributed by atoms with van der Waals surface area (Å²) in [5.74, 6) is -1.08. The molecule has 0 amide bonds. The molecule has 0 fully saturated rings. The van der Waals surface area contributed by atoms with Crippen LogP contribution in [0, 0.1) is 0 Å². The van der Waals surface area contributed by atoms with E-state index >= 15 is 0 Å². The van der Waals surface area contributed by atoms with Crippen LogP contribution in [0.15, 0.2) is 34.1 Å². The first-order valence-electron chi connectivity index (χ1n) is 5.89. The van der Waals surface area contributed by atoms with E-state index in [0.717, 1.165) is 12.1 Å². The number of hydrogen-bond donors (Lipinski definition) is 3. The van der Waals surface area contributed by atoms with Crippen LogP contribution in [0.4, 0.5) is 5.69 Å². The van der Waals surface area contributed by atoms with Gasteiger partial charge in [0.15, 0.2) is 9.84 Å². The highest BCUT2D eigenvalue weighted by Gasteiger charge is 2.23. The Morgan fingerprint density at radius 1 is 1.09 bits per heavy atom. The Bertz CT molecular complexity index is 953. The number of hydrogen-bond acceptors (Lipinski definition) is 6. The van der Waals surface area contributed by atoms with E-state index < -0.39 is 36.4 Å². The molecule has 0 atom stereocenters. The van der Waals surface area contributed by atoms with Crippen LogP contribution in [-0.4, -0.2) is 38.1 Å². The van der Waals surface area contributed by atoms with E-state index in [4.69, 9.17) is 21.9 Å². The molecule has 2 aromatic carbocycles. The third-order valence-electron chi connectivity index (χ3n) is 3.02. The Kier molecular flexibility index (Phi) is 4.26. The summed E-state index contributed by atoms with van der Waals surface area (Å²) in [7, 11) is -8.52. The van der Waals surface area contributed by atoms with Gasteiger partial charge in [-0.05, 0) is 18.2 Å². The molecular formula is C12H12ClNO6S2. The standard InChI is InChI=1S/C12H12ClNO6S2/c13-3-4-21(16,17)12-9-5-7(22(18,19)20)6-11(15)8(9)1-2-10(12)14/h1-2,5-6,15H,3-4,14H2,(H,18,19,20). The summed E-state index contributed by atoms with van der Waals surface area (Å²) in [6.07, 6.45) is 0. The van der Waals surface area contributed by atoms with Gasteiger partial charge in [0.2, 0.25) is 0 Å². The lowest BCUT2D eigenvalue weighted by Crippen LogP contribution is -2.11. The summed E-state index contributed by atoms with van der Waals surface area (Å²) < 4.78 is 56.1. The molecule has 2 aromatic rings. The maximum absolute atomic E-state index is 12.3. The molecule has 0 radical (unpaired) electrons. The zero-order valence-electron chi connectivity index (χ0n) is 11.0. The van der Waals surface area contributed by atoms with E-state index in [1.807, 2.05) is 0 Å². The Morgan fingerprint density at radius 2 is 1.73 bits per heavy atom. The van der Waals surface area contributed by atoms with Crippen molar-refractivity contribution < 1.29 is 26.5 Å². The summed E-state index contributed by atoms with van der Waals surface area (Å²) in [6, 6.07) is 4.41. The first kappa shape index (κ1) is 16.8. The number of nitrogen functional groups attached to an aromatic ring is 1. The van der Waals surface area contributed by atoms with Gasteiger partial charge in [-0.1, -0.05) is 0 Å². The minimum Gasteiger partial charge on any atom is -0.507 e.